The van der Waals surface area contributed by atoms with Crippen LogP contribution in [0.4, 0.5) is 4.79 Å². The van der Waals surface area contributed by atoms with E-state index in [1.165, 1.54) is 0 Å². The lowest BCUT2D eigenvalue weighted by molar-refractivity contribution is 0.0119. The summed E-state index contributed by atoms with van der Waals surface area (Å²) in [5, 5.41) is 3.37. The van der Waals surface area contributed by atoms with Crippen LogP contribution in [-0.4, -0.2) is 56.0 Å². The fourth-order valence-corrected chi connectivity index (χ4v) is 2.39. The molecule has 0 spiro atoms. The molecule has 1 fully saturated rings. The Hall–Kier alpha value is -0.810. The Morgan fingerprint density at radius 3 is 2.29 bits per heavy atom. The molecule has 0 atom stereocenters. The molecular formula is C19H40N2O3. The second-order valence-electron chi connectivity index (χ2n) is 7.58. The van der Waals surface area contributed by atoms with E-state index in [-0.39, 0.29) is 6.09 Å². The van der Waals surface area contributed by atoms with Crippen molar-refractivity contribution >= 4 is 6.09 Å². The van der Waals surface area contributed by atoms with Crippen LogP contribution in [-0.2, 0) is 9.47 Å². The molecule has 24 heavy (non-hydrogen) atoms. The first kappa shape index (κ1) is 23.2. The summed E-state index contributed by atoms with van der Waals surface area (Å²) < 4.78 is 11.1. The summed E-state index contributed by atoms with van der Waals surface area (Å²) in [4.78, 5) is 13.8. The van der Waals surface area contributed by atoms with Gasteiger partial charge in [0.2, 0.25) is 0 Å². The Labute approximate surface area is 149 Å². The number of carbonyl (C=O) groups excluding carboxylic acids is 1. The third-order valence-corrected chi connectivity index (χ3v) is 3.60. The maximum atomic E-state index is 12.0. The van der Waals surface area contributed by atoms with Crippen LogP contribution in [0.1, 0.15) is 61.3 Å². The Kier molecular flexibility index (Phi) is 12.1. The largest absolute Gasteiger partial charge is 0.444 e. The van der Waals surface area contributed by atoms with E-state index in [9.17, 15) is 4.79 Å². The number of nitrogens with zero attached hydrogens (tertiary/aromatic N) is 1. The van der Waals surface area contributed by atoms with E-state index >= 15 is 0 Å². The molecule has 0 aromatic heterocycles. The molecule has 0 saturated carbocycles. The Bertz CT molecular complexity index is 319. The predicted molar refractivity (Wildman–Crippen MR) is 100 cm³/mol. The van der Waals surface area contributed by atoms with Crippen molar-refractivity contribution in [1.82, 2.24) is 10.2 Å². The lowest BCUT2D eigenvalue weighted by atomic mass is 9.98. The van der Waals surface area contributed by atoms with Gasteiger partial charge in [0.25, 0.3) is 0 Å². The minimum atomic E-state index is -0.417. The first-order valence-electron chi connectivity index (χ1n) is 9.54. The molecule has 0 unspecified atom stereocenters. The van der Waals surface area contributed by atoms with Crippen LogP contribution in [0.25, 0.3) is 0 Å². The average Bonchev–Trinajstić information content (AvgIpc) is 2.51. The Morgan fingerprint density at radius 1 is 1.21 bits per heavy atom. The number of hydrogen-bond donors (Lipinski definition) is 1. The van der Waals surface area contributed by atoms with Gasteiger partial charge in [-0.1, -0.05) is 27.7 Å². The highest BCUT2D eigenvalue weighted by molar-refractivity contribution is 5.68. The second kappa shape index (κ2) is 12.5. The van der Waals surface area contributed by atoms with Crippen molar-refractivity contribution in [1.29, 1.82) is 0 Å². The van der Waals surface area contributed by atoms with Gasteiger partial charge in [0, 0.05) is 26.2 Å². The molecular weight excluding hydrogens is 304 g/mol. The van der Waals surface area contributed by atoms with Gasteiger partial charge in [0.1, 0.15) is 5.60 Å². The van der Waals surface area contributed by atoms with E-state index in [1.54, 1.807) is 0 Å². The zero-order chi connectivity index (χ0) is 18.6. The Balaban J connectivity index is 0.00000254. The van der Waals surface area contributed by atoms with Crippen LogP contribution >= 0.6 is 0 Å². The van der Waals surface area contributed by atoms with E-state index in [0.717, 1.165) is 52.2 Å². The molecule has 1 aliphatic heterocycles. The molecule has 1 aliphatic rings. The number of amides is 1. The third-order valence-electron chi connectivity index (χ3n) is 3.60. The van der Waals surface area contributed by atoms with Crippen LogP contribution in [0, 0.1) is 11.8 Å². The number of hydrogen-bond acceptors (Lipinski definition) is 4. The Morgan fingerprint density at radius 2 is 1.79 bits per heavy atom. The van der Waals surface area contributed by atoms with Gasteiger partial charge in [0.05, 0.1) is 6.61 Å². The van der Waals surface area contributed by atoms with Gasteiger partial charge >= 0.3 is 6.09 Å². The highest BCUT2D eigenvalue weighted by atomic mass is 16.6. The summed E-state index contributed by atoms with van der Waals surface area (Å²) in [5.41, 5.74) is -0.417. The lowest BCUT2D eigenvalue weighted by Crippen LogP contribution is -2.42. The molecule has 1 N–H and O–H groups in total. The molecule has 144 valence electrons. The van der Waals surface area contributed by atoms with E-state index in [0.29, 0.717) is 11.8 Å². The van der Waals surface area contributed by atoms with E-state index < -0.39 is 5.60 Å². The normalized spacial score (nSPS) is 15.9. The predicted octanol–water partition coefficient (Wildman–Crippen LogP) is 3.92. The molecule has 1 amide bonds. The molecule has 0 aliphatic carbocycles. The van der Waals surface area contributed by atoms with Crippen LogP contribution in [0.15, 0.2) is 0 Å². The van der Waals surface area contributed by atoms with Crippen molar-refractivity contribution in [2.45, 2.75) is 66.9 Å². The zero-order valence-corrected chi connectivity index (χ0v) is 17.0. The van der Waals surface area contributed by atoms with Crippen LogP contribution in [0.5, 0.6) is 0 Å². The third kappa shape index (κ3) is 11.7. The summed E-state index contributed by atoms with van der Waals surface area (Å²) in [7, 11) is 0. The number of piperidine rings is 1. The van der Waals surface area contributed by atoms with E-state index in [2.05, 4.69) is 19.2 Å². The smallest absolute Gasteiger partial charge is 0.410 e. The van der Waals surface area contributed by atoms with E-state index in [1.807, 2.05) is 39.5 Å². The number of carbonyl (C=O) groups is 1. The fourth-order valence-electron chi connectivity index (χ4n) is 2.39. The number of rotatable bonds is 7. The quantitative estimate of drug-likeness (QED) is 0.711. The average molecular weight is 345 g/mol. The second-order valence-corrected chi connectivity index (χ2v) is 7.58. The molecule has 1 rings (SSSR count). The minimum absolute atomic E-state index is 0.190. The van der Waals surface area contributed by atoms with Crippen molar-refractivity contribution in [3.05, 3.63) is 0 Å². The standard InChI is InChI=1S/C17H34N2O3.C2H6/c1-14(2)12-18-8-11-21-13-15-6-9-19(10-7-15)16(20)22-17(3,4)5;1-2/h14-15,18H,6-13H2,1-5H3;1-2H3. The molecule has 0 bridgehead atoms. The maximum Gasteiger partial charge on any atom is 0.410 e. The van der Waals surface area contributed by atoms with Gasteiger partial charge in [-0.25, -0.2) is 4.79 Å². The first-order valence-corrected chi connectivity index (χ1v) is 9.54. The van der Waals surface area contributed by atoms with Gasteiger partial charge in [-0.3, -0.25) is 0 Å². The highest BCUT2D eigenvalue weighted by Crippen LogP contribution is 2.19. The van der Waals surface area contributed by atoms with E-state index in [4.69, 9.17) is 9.47 Å². The topological polar surface area (TPSA) is 50.8 Å². The fraction of sp³-hybridized carbons (Fsp3) is 0.947. The van der Waals surface area contributed by atoms with Gasteiger partial charge < -0.3 is 19.7 Å². The zero-order valence-electron chi connectivity index (χ0n) is 17.0. The summed E-state index contributed by atoms with van der Waals surface area (Å²) in [6.45, 7) is 19.2. The monoisotopic (exact) mass is 344 g/mol. The highest BCUT2D eigenvalue weighted by Gasteiger charge is 2.26. The first-order chi connectivity index (χ1) is 11.3. The maximum absolute atomic E-state index is 12.0. The van der Waals surface area contributed by atoms with Gasteiger partial charge in [-0.15, -0.1) is 0 Å². The summed E-state index contributed by atoms with van der Waals surface area (Å²) in [5.74, 6) is 1.24. The molecule has 5 nitrogen and oxygen atoms in total. The van der Waals surface area contributed by atoms with Gasteiger partial charge in [-0.05, 0) is 52.0 Å². The van der Waals surface area contributed by atoms with Crippen molar-refractivity contribution in [3.8, 4) is 0 Å². The summed E-state index contributed by atoms with van der Waals surface area (Å²) in [6, 6.07) is 0. The SMILES string of the molecule is CC.CC(C)CNCCOCC1CCN(C(=O)OC(C)(C)C)CC1. The molecule has 1 heterocycles. The molecule has 0 radical (unpaired) electrons. The number of likely N-dealkylation sites (tertiary alicyclic amines) is 1. The summed E-state index contributed by atoms with van der Waals surface area (Å²) >= 11 is 0. The van der Waals surface area contributed by atoms with Crippen molar-refractivity contribution < 1.29 is 14.3 Å². The number of ether oxygens (including phenoxy) is 2. The van der Waals surface area contributed by atoms with Crippen molar-refractivity contribution in [2.75, 3.05) is 39.4 Å². The van der Waals surface area contributed by atoms with Gasteiger partial charge in [0.15, 0.2) is 0 Å². The van der Waals surface area contributed by atoms with Crippen molar-refractivity contribution in [3.63, 3.8) is 0 Å². The van der Waals surface area contributed by atoms with Crippen LogP contribution < -0.4 is 5.32 Å². The van der Waals surface area contributed by atoms with Crippen LogP contribution in [0.3, 0.4) is 0 Å². The summed E-state index contributed by atoms with van der Waals surface area (Å²) in [6.07, 6.45) is 1.81. The molecule has 0 aromatic rings. The van der Waals surface area contributed by atoms with Crippen LogP contribution in [0.2, 0.25) is 0 Å². The lowest BCUT2D eigenvalue weighted by Gasteiger charge is -2.33. The van der Waals surface area contributed by atoms with Crippen molar-refractivity contribution in [2.24, 2.45) is 11.8 Å². The number of nitrogens with one attached hydrogen (secondary N) is 1. The molecule has 5 heteroatoms. The minimum Gasteiger partial charge on any atom is -0.444 e. The molecule has 1 saturated heterocycles. The van der Waals surface area contributed by atoms with Gasteiger partial charge in [-0.2, -0.15) is 0 Å². The molecule has 0 aromatic carbocycles.